The molecule has 0 atom stereocenters. The molecule has 1 N–H and O–H groups in total. The van der Waals surface area contributed by atoms with Crippen LogP contribution in [0.25, 0.3) is 16.9 Å². The summed E-state index contributed by atoms with van der Waals surface area (Å²) in [6.45, 7) is 3.92. The predicted octanol–water partition coefficient (Wildman–Crippen LogP) is 5.43. The summed E-state index contributed by atoms with van der Waals surface area (Å²) < 4.78 is 1.74. The van der Waals surface area contributed by atoms with E-state index in [-0.39, 0.29) is 16.4 Å². The van der Waals surface area contributed by atoms with Crippen molar-refractivity contribution in [2.45, 2.75) is 13.8 Å². The topological polar surface area (TPSA) is 89.5 Å². The second-order valence-corrected chi connectivity index (χ2v) is 7.39. The summed E-state index contributed by atoms with van der Waals surface area (Å²) in [4.78, 5) is 28.3. The fourth-order valence-electron chi connectivity index (χ4n) is 3.18. The molecule has 2 aromatic heterocycles. The SMILES string of the molecule is Cc1ccc(-c2nc3ccc(C)cn3c2C(=O)Nc2ccc([N+](=O)[O-])cc2Cl)cc1. The standard InChI is InChI=1S/C22H17ClN4O3/c1-13-3-6-15(7-4-13)20-21(26-12-14(2)5-10-19(26)25-20)22(28)24-18-9-8-16(27(29)30)11-17(18)23/h3-12H,1-2H3,(H,24,28). The summed E-state index contributed by atoms with van der Waals surface area (Å²) in [7, 11) is 0. The number of nitro groups is 1. The first-order valence-corrected chi connectivity index (χ1v) is 9.52. The number of pyridine rings is 1. The number of nitro benzene ring substituents is 1. The first-order valence-electron chi connectivity index (χ1n) is 9.14. The molecule has 1 amide bonds. The van der Waals surface area contributed by atoms with Gasteiger partial charge in [-0.1, -0.05) is 47.5 Å². The van der Waals surface area contributed by atoms with Crippen LogP contribution in [0, 0.1) is 24.0 Å². The van der Waals surface area contributed by atoms with E-state index in [1.807, 2.05) is 56.4 Å². The highest BCUT2D eigenvalue weighted by Gasteiger charge is 2.22. The number of carbonyl (C=O) groups is 1. The van der Waals surface area contributed by atoms with Gasteiger partial charge in [0.1, 0.15) is 17.0 Å². The van der Waals surface area contributed by atoms with E-state index in [0.29, 0.717) is 17.0 Å². The van der Waals surface area contributed by atoms with E-state index >= 15 is 0 Å². The van der Waals surface area contributed by atoms with Crippen molar-refractivity contribution < 1.29 is 9.72 Å². The number of amides is 1. The zero-order chi connectivity index (χ0) is 21.4. The van der Waals surface area contributed by atoms with Gasteiger partial charge in [0, 0.05) is 23.9 Å². The monoisotopic (exact) mass is 420 g/mol. The Morgan fingerprint density at radius 1 is 1.07 bits per heavy atom. The second-order valence-electron chi connectivity index (χ2n) is 6.99. The van der Waals surface area contributed by atoms with Gasteiger partial charge >= 0.3 is 0 Å². The fraction of sp³-hybridized carbons (Fsp3) is 0.0909. The minimum Gasteiger partial charge on any atom is -0.319 e. The number of rotatable bonds is 4. The summed E-state index contributed by atoms with van der Waals surface area (Å²) in [6.07, 6.45) is 1.84. The Balaban J connectivity index is 1.81. The first-order chi connectivity index (χ1) is 14.3. The number of anilines is 1. The molecular weight excluding hydrogens is 404 g/mol. The van der Waals surface area contributed by atoms with Crippen LogP contribution in [0.4, 0.5) is 11.4 Å². The van der Waals surface area contributed by atoms with Crippen LogP contribution >= 0.6 is 11.6 Å². The number of non-ortho nitro benzene ring substituents is 1. The average molecular weight is 421 g/mol. The minimum absolute atomic E-state index is 0.0828. The van der Waals surface area contributed by atoms with Crippen molar-refractivity contribution in [3.63, 3.8) is 0 Å². The molecule has 8 heteroatoms. The number of benzene rings is 2. The smallest absolute Gasteiger partial charge is 0.275 e. The van der Waals surface area contributed by atoms with Gasteiger partial charge in [-0.3, -0.25) is 19.3 Å². The molecule has 150 valence electrons. The maximum atomic E-state index is 13.3. The molecule has 0 aliphatic heterocycles. The van der Waals surface area contributed by atoms with Gasteiger partial charge in [0.25, 0.3) is 11.6 Å². The number of nitrogens with one attached hydrogen (secondary N) is 1. The van der Waals surface area contributed by atoms with Gasteiger partial charge in [-0.05, 0) is 31.5 Å². The van der Waals surface area contributed by atoms with E-state index in [0.717, 1.165) is 16.7 Å². The molecule has 4 aromatic rings. The Labute approximate surface area is 177 Å². The van der Waals surface area contributed by atoms with Crippen molar-refractivity contribution in [3.05, 3.63) is 92.8 Å². The van der Waals surface area contributed by atoms with E-state index in [1.165, 1.54) is 18.2 Å². The molecule has 2 heterocycles. The van der Waals surface area contributed by atoms with Crippen LogP contribution < -0.4 is 5.32 Å². The highest BCUT2D eigenvalue weighted by molar-refractivity contribution is 6.34. The number of imidazole rings is 1. The average Bonchev–Trinajstić information content (AvgIpc) is 3.08. The number of halogens is 1. The van der Waals surface area contributed by atoms with Crippen LogP contribution in [-0.2, 0) is 0 Å². The van der Waals surface area contributed by atoms with Gasteiger partial charge in [-0.2, -0.15) is 0 Å². The lowest BCUT2D eigenvalue weighted by molar-refractivity contribution is -0.384. The summed E-state index contributed by atoms with van der Waals surface area (Å²) in [5, 5.41) is 13.8. The third kappa shape index (κ3) is 3.62. The molecule has 0 aliphatic carbocycles. The van der Waals surface area contributed by atoms with Crippen LogP contribution in [-0.4, -0.2) is 20.2 Å². The number of hydrogen-bond donors (Lipinski definition) is 1. The molecule has 4 rings (SSSR count). The fourth-order valence-corrected chi connectivity index (χ4v) is 3.40. The Bertz CT molecular complexity index is 1300. The van der Waals surface area contributed by atoms with Crippen molar-refractivity contribution in [1.29, 1.82) is 0 Å². The van der Waals surface area contributed by atoms with Crippen LogP contribution in [0.1, 0.15) is 21.6 Å². The molecule has 0 fully saturated rings. The van der Waals surface area contributed by atoms with E-state index in [9.17, 15) is 14.9 Å². The Hall–Kier alpha value is -3.71. The maximum absolute atomic E-state index is 13.3. The molecule has 2 aromatic carbocycles. The molecule has 0 bridgehead atoms. The molecule has 0 unspecified atom stereocenters. The molecule has 30 heavy (non-hydrogen) atoms. The lowest BCUT2D eigenvalue weighted by Crippen LogP contribution is -2.16. The highest BCUT2D eigenvalue weighted by Crippen LogP contribution is 2.29. The molecule has 0 saturated heterocycles. The van der Waals surface area contributed by atoms with Gasteiger partial charge in [0.05, 0.1) is 15.6 Å². The Morgan fingerprint density at radius 3 is 2.43 bits per heavy atom. The molecule has 0 radical (unpaired) electrons. The van der Waals surface area contributed by atoms with Crippen LogP contribution in [0.3, 0.4) is 0 Å². The van der Waals surface area contributed by atoms with Crippen molar-refractivity contribution in [1.82, 2.24) is 9.38 Å². The van der Waals surface area contributed by atoms with Crippen LogP contribution in [0.15, 0.2) is 60.8 Å². The zero-order valence-electron chi connectivity index (χ0n) is 16.2. The highest BCUT2D eigenvalue weighted by atomic mass is 35.5. The lowest BCUT2D eigenvalue weighted by Gasteiger charge is -2.09. The van der Waals surface area contributed by atoms with E-state index in [1.54, 1.807) is 4.40 Å². The molecule has 0 saturated carbocycles. The number of carbonyl (C=O) groups excluding carboxylic acids is 1. The third-order valence-corrected chi connectivity index (χ3v) is 5.03. The second kappa shape index (κ2) is 7.61. The summed E-state index contributed by atoms with van der Waals surface area (Å²) in [5.41, 5.74) is 4.54. The summed E-state index contributed by atoms with van der Waals surface area (Å²) >= 11 is 6.16. The van der Waals surface area contributed by atoms with E-state index < -0.39 is 10.8 Å². The normalized spacial score (nSPS) is 10.9. The molecular formula is C22H17ClN4O3. The van der Waals surface area contributed by atoms with E-state index in [4.69, 9.17) is 11.6 Å². The number of aromatic nitrogens is 2. The molecule has 0 aliphatic rings. The van der Waals surface area contributed by atoms with Gasteiger partial charge < -0.3 is 5.32 Å². The predicted molar refractivity (Wildman–Crippen MR) is 116 cm³/mol. The molecule has 7 nitrogen and oxygen atoms in total. The summed E-state index contributed by atoms with van der Waals surface area (Å²) in [5.74, 6) is -0.417. The van der Waals surface area contributed by atoms with Crippen molar-refractivity contribution in [2.75, 3.05) is 5.32 Å². The van der Waals surface area contributed by atoms with Gasteiger partial charge in [-0.15, -0.1) is 0 Å². The number of aryl methyl sites for hydroxylation is 2. The lowest BCUT2D eigenvalue weighted by atomic mass is 10.1. The number of fused-ring (bicyclic) bond motifs is 1. The Kier molecular flexibility index (Phi) is 4.97. The van der Waals surface area contributed by atoms with Crippen LogP contribution in [0.2, 0.25) is 5.02 Å². The quantitative estimate of drug-likeness (QED) is 0.352. The Morgan fingerprint density at radius 2 is 1.77 bits per heavy atom. The molecule has 0 spiro atoms. The summed E-state index contributed by atoms with van der Waals surface area (Å²) in [6, 6.07) is 15.4. The number of hydrogen-bond acceptors (Lipinski definition) is 4. The first kappa shape index (κ1) is 19.6. The largest absolute Gasteiger partial charge is 0.319 e. The van der Waals surface area contributed by atoms with Crippen molar-refractivity contribution in [3.8, 4) is 11.3 Å². The zero-order valence-corrected chi connectivity index (χ0v) is 17.0. The van der Waals surface area contributed by atoms with Gasteiger partial charge in [-0.25, -0.2) is 4.98 Å². The van der Waals surface area contributed by atoms with E-state index in [2.05, 4.69) is 10.3 Å². The van der Waals surface area contributed by atoms with Gasteiger partial charge in [0.15, 0.2) is 0 Å². The van der Waals surface area contributed by atoms with Crippen molar-refractivity contribution >= 4 is 34.5 Å². The third-order valence-electron chi connectivity index (χ3n) is 4.72. The number of nitrogens with zero attached hydrogens (tertiary/aromatic N) is 3. The van der Waals surface area contributed by atoms with Gasteiger partial charge in [0.2, 0.25) is 0 Å². The van der Waals surface area contributed by atoms with Crippen molar-refractivity contribution in [2.24, 2.45) is 0 Å². The maximum Gasteiger partial charge on any atom is 0.275 e. The van der Waals surface area contributed by atoms with Crippen LogP contribution in [0.5, 0.6) is 0 Å². The minimum atomic E-state index is -0.541.